The van der Waals surface area contributed by atoms with Gasteiger partial charge in [-0.3, -0.25) is 14.4 Å². The molecule has 5 rings (SSSR count). The molecule has 2 aromatic rings. The van der Waals surface area contributed by atoms with Gasteiger partial charge in [0.05, 0.1) is 6.07 Å². The third-order valence-electron chi connectivity index (χ3n) is 7.67. The zero-order valence-corrected chi connectivity index (χ0v) is 19.6. The maximum atomic E-state index is 13.6. The molecule has 5 atom stereocenters. The van der Waals surface area contributed by atoms with E-state index in [1.807, 2.05) is 12.1 Å². The molecule has 34 heavy (non-hydrogen) atoms. The number of benzene rings is 1. The van der Waals surface area contributed by atoms with Gasteiger partial charge >= 0.3 is 0 Å². The summed E-state index contributed by atoms with van der Waals surface area (Å²) in [5, 5.41) is 16.6. The highest BCUT2D eigenvalue weighted by atomic mass is 35.5. The van der Waals surface area contributed by atoms with Crippen LogP contribution in [0.15, 0.2) is 24.3 Å². The van der Waals surface area contributed by atoms with Crippen LogP contribution in [0.5, 0.6) is 0 Å². The number of H-pyrrole nitrogens is 1. The Hall–Kier alpha value is -3.05. The zero-order chi connectivity index (χ0) is 23.8. The smallest absolute Gasteiger partial charge is 0.271 e. The second kappa shape index (κ2) is 9.30. The molecule has 1 unspecified atom stereocenters. The highest BCUT2D eigenvalue weighted by Gasteiger charge is 2.49. The maximum Gasteiger partial charge on any atom is 0.271 e. The lowest BCUT2D eigenvalue weighted by Crippen LogP contribution is -2.51. The fraction of sp³-hybridized carbons (Fsp3) is 0.520. The minimum absolute atomic E-state index is 0.0692. The molecular weight excluding hydrogens is 454 g/mol. The van der Waals surface area contributed by atoms with Gasteiger partial charge in [0.25, 0.3) is 5.91 Å². The van der Waals surface area contributed by atoms with Gasteiger partial charge < -0.3 is 20.5 Å². The number of nitrogens with zero attached hydrogens (tertiary/aromatic N) is 2. The number of aromatic nitrogens is 1. The number of hydrogen-bond acceptors (Lipinski definition) is 4. The van der Waals surface area contributed by atoms with Crippen molar-refractivity contribution in [2.75, 3.05) is 13.1 Å². The van der Waals surface area contributed by atoms with E-state index in [2.05, 4.69) is 21.7 Å². The van der Waals surface area contributed by atoms with E-state index in [4.69, 9.17) is 11.6 Å². The van der Waals surface area contributed by atoms with Crippen molar-refractivity contribution in [2.24, 2.45) is 17.8 Å². The van der Waals surface area contributed by atoms with Crippen molar-refractivity contribution in [3.8, 4) is 6.07 Å². The van der Waals surface area contributed by atoms with Gasteiger partial charge in [0.2, 0.25) is 11.8 Å². The Kier molecular flexibility index (Phi) is 6.22. The number of carbonyl (C=O) groups excluding carboxylic acids is 3. The Balaban J connectivity index is 1.38. The average molecular weight is 482 g/mol. The molecule has 3 fully saturated rings. The Bertz CT molecular complexity index is 1170. The molecule has 178 valence electrons. The van der Waals surface area contributed by atoms with Crippen molar-refractivity contribution >= 4 is 40.2 Å². The molecule has 0 spiro atoms. The highest BCUT2D eigenvalue weighted by Crippen LogP contribution is 2.41. The summed E-state index contributed by atoms with van der Waals surface area (Å²) in [7, 11) is 0. The molecule has 2 saturated heterocycles. The summed E-state index contributed by atoms with van der Waals surface area (Å²) in [6.07, 6.45) is 4.93. The predicted octanol–water partition coefficient (Wildman–Crippen LogP) is 2.99. The molecule has 2 aliphatic heterocycles. The summed E-state index contributed by atoms with van der Waals surface area (Å²) in [6.45, 7) is 1.12. The Morgan fingerprint density at radius 3 is 2.82 bits per heavy atom. The molecule has 1 saturated carbocycles. The van der Waals surface area contributed by atoms with Crippen LogP contribution in [0, 0.1) is 29.1 Å². The number of rotatable bonds is 5. The van der Waals surface area contributed by atoms with E-state index >= 15 is 0 Å². The summed E-state index contributed by atoms with van der Waals surface area (Å²) < 4.78 is 0. The normalized spacial score (nSPS) is 27.2. The number of nitrogens with one attached hydrogen (secondary N) is 3. The number of nitriles is 1. The molecule has 3 N–H and O–H groups in total. The largest absolute Gasteiger partial charge is 0.356 e. The van der Waals surface area contributed by atoms with Crippen molar-refractivity contribution in [3.05, 3.63) is 35.0 Å². The number of carbonyl (C=O) groups is 3. The monoisotopic (exact) mass is 481 g/mol. The van der Waals surface area contributed by atoms with Crippen LogP contribution < -0.4 is 10.6 Å². The minimum atomic E-state index is -0.771. The van der Waals surface area contributed by atoms with E-state index in [1.54, 1.807) is 17.0 Å². The van der Waals surface area contributed by atoms with Crippen molar-refractivity contribution in [3.63, 3.8) is 0 Å². The molecule has 3 aliphatic rings. The number of hydrogen-bond donors (Lipinski definition) is 3. The van der Waals surface area contributed by atoms with Crippen molar-refractivity contribution in [2.45, 2.75) is 50.6 Å². The summed E-state index contributed by atoms with van der Waals surface area (Å²) in [4.78, 5) is 43.9. The Morgan fingerprint density at radius 1 is 1.26 bits per heavy atom. The van der Waals surface area contributed by atoms with Gasteiger partial charge in [0, 0.05) is 34.9 Å². The fourth-order valence-corrected chi connectivity index (χ4v) is 6.19. The molecule has 1 aliphatic carbocycles. The van der Waals surface area contributed by atoms with Crippen LogP contribution in [-0.2, 0) is 9.59 Å². The van der Waals surface area contributed by atoms with Gasteiger partial charge in [0.1, 0.15) is 17.8 Å². The van der Waals surface area contributed by atoms with Crippen LogP contribution in [0.1, 0.15) is 49.0 Å². The molecular formula is C25H28ClN5O3. The van der Waals surface area contributed by atoms with E-state index in [1.165, 1.54) is 0 Å². The van der Waals surface area contributed by atoms with Gasteiger partial charge in [-0.15, -0.1) is 0 Å². The minimum Gasteiger partial charge on any atom is -0.356 e. The van der Waals surface area contributed by atoms with Gasteiger partial charge in [-0.2, -0.15) is 5.26 Å². The molecule has 3 heterocycles. The van der Waals surface area contributed by atoms with E-state index in [0.29, 0.717) is 30.2 Å². The SMILES string of the molecule is N#C[C@H](CC1CCNC1=O)NC(=O)[C@@H]1[C@H]2CCCC[C@H]2CN1C(=O)c1cc2c(Cl)cccc2[nH]1. The predicted molar refractivity (Wildman–Crippen MR) is 127 cm³/mol. The number of halogens is 1. The van der Waals surface area contributed by atoms with Gasteiger partial charge in [-0.05, 0) is 55.7 Å². The lowest BCUT2D eigenvalue weighted by atomic mass is 9.78. The Morgan fingerprint density at radius 2 is 2.09 bits per heavy atom. The van der Waals surface area contributed by atoms with E-state index in [9.17, 15) is 19.6 Å². The highest BCUT2D eigenvalue weighted by molar-refractivity contribution is 6.35. The molecule has 0 radical (unpaired) electrons. The number of aromatic amines is 1. The molecule has 9 heteroatoms. The summed E-state index contributed by atoms with van der Waals surface area (Å²) in [5.41, 5.74) is 1.17. The van der Waals surface area contributed by atoms with E-state index in [-0.39, 0.29) is 41.9 Å². The van der Waals surface area contributed by atoms with E-state index in [0.717, 1.165) is 36.6 Å². The van der Waals surface area contributed by atoms with Crippen LogP contribution in [-0.4, -0.2) is 52.8 Å². The first-order valence-electron chi connectivity index (χ1n) is 12.0. The van der Waals surface area contributed by atoms with Crippen LogP contribution in [0.3, 0.4) is 0 Å². The van der Waals surface area contributed by atoms with Gasteiger partial charge in [-0.1, -0.05) is 30.5 Å². The lowest BCUT2D eigenvalue weighted by molar-refractivity contribution is -0.127. The van der Waals surface area contributed by atoms with E-state index < -0.39 is 12.1 Å². The van der Waals surface area contributed by atoms with Crippen LogP contribution in [0.25, 0.3) is 10.9 Å². The third kappa shape index (κ3) is 4.14. The first kappa shape index (κ1) is 22.7. The van der Waals surface area contributed by atoms with Crippen LogP contribution in [0.2, 0.25) is 5.02 Å². The number of amides is 3. The summed E-state index contributed by atoms with van der Waals surface area (Å²) >= 11 is 6.30. The fourth-order valence-electron chi connectivity index (χ4n) is 5.96. The van der Waals surface area contributed by atoms with Crippen LogP contribution >= 0.6 is 11.6 Å². The van der Waals surface area contributed by atoms with Crippen LogP contribution in [0.4, 0.5) is 0 Å². The first-order valence-corrected chi connectivity index (χ1v) is 12.4. The molecule has 0 bridgehead atoms. The zero-order valence-electron chi connectivity index (χ0n) is 18.9. The summed E-state index contributed by atoms with van der Waals surface area (Å²) in [6, 6.07) is 7.94. The van der Waals surface area contributed by atoms with Gasteiger partial charge in [-0.25, -0.2) is 0 Å². The molecule has 3 amide bonds. The first-order chi connectivity index (χ1) is 16.5. The van der Waals surface area contributed by atoms with Gasteiger partial charge in [0.15, 0.2) is 0 Å². The quantitative estimate of drug-likeness (QED) is 0.608. The second-order valence-electron chi connectivity index (χ2n) is 9.70. The Labute approximate surface area is 203 Å². The number of fused-ring (bicyclic) bond motifs is 2. The average Bonchev–Trinajstić information content (AvgIpc) is 3.55. The van der Waals surface area contributed by atoms with Crippen molar-refractivity contribution < 1.29 is 14.4 Å². The topological polar surface area (TPSA) is 118 Å². The second-order valence-corrected chi connectivity index (χ2v) is 10.1. The number of likely N-dealkylation sites (tertiary alicyclic amines) is 1. The lowest BCUT2D eigenvalue weighted by Gasteiger charge is -2.30. The van der Waals surface area contributed by atoms with Crippen molar-refractivity contribution in [1.29, 1.82) is 5.26 Å². The molecule has 1 aromatic heterocycles. The summed E-state index contributed by atoms with van der Waals surface area (Å²) in [5.74, 6) is -0.545. The standard InChI is InChI=1S/C25H28ClN5O3/c26-19-6-3-7-20-18(19)11-21(30-20)25(34)31-13-15-4-1-2-5-17(15)22(31)24(33)29-16(12-27)10-14-8-9-28-23(14)32/h3,6-7,11,14-17,22,30H,1-2,4-5,8-10,13H2,(H,28,32)(H,29,33)/t14?,15-,16-,17-,22-/m0/s1. The molecule has 1 aromatic carbocycles. The third-order valence-corrected chi connectivity index (χ3v) is 8.00. The molecule has 8 nitrogen and oxygen atoms in total. The maximum absolute atomic E-state index is 13.6. The van der Waals surface area contributed by atoms with Crippen molar-refractivity contribution in [1.82, 2.24) is 20.5 Å².